The third kappa shape index (κ3) is 1.92. The number of carboxylic acid groups (broad SMARTS) is 1. The van der Waals surface area contributed by atoms with Gasteiger partial charge in [-0.1, -0.05) is 0 Å². The Hall–Kier alpha value is -0.570. The van der Waals surface area contributed by atoms with Crippen LogP contribution in [0.5, 0.6) is 0 Å². The maximum Gasteiger partial charge on any atom is 0.309 e. The number of carboxylic acids is 1. The monoisotopic (exact) mass is 197 g/mol. The fourth-order valence-electron chi connectivity index (χ4n) is 2.60. The minimum absolute atomic E-state index is 0.327. The Morgan fingerprint density at radius 1 is 1.29 bits per heavy atom. The molecule has 3 heteroatoms. The minimum atomic E-state index is -0.577. The molecule has 0 unspecified atom stereocenters. The van der Waals surface area contributed by atoms with Gasteiger partial charge in [0.05, 0.1) is 5.41 Å². The van der Waals surface area contributed by atoms with Gasteiger partial charge in [-0.15, -0.1) is 0 Å². The summed E-state index contributed by atoms with van der Waals surface area (Å²) in [6, 6.07) is 0.367. The quantitative estimate of drug-likeness (QED) is 0.724. The van der Waals surface area contributed by atoms with E-state index in [4.69, 9.17) is 10.8 Å². The molecule has 2 aliphatic rings. The summed E-state index contributed by atoms with van der Waals surface area (Å²) in [5.74, 6) is 0.0424. The van der Waals surface area contributed by atoms with Crippen LogP contribution in [0.25, 0.3) is 0 Å². The van der Waals surface area contributed by atoms with E-state index in [0.717, 1.165) is 44.9 Å². The molecule has 80 valence electrons. The molecule has 0 radical (unpaired) electrons. The van der Waals surface area contributed by atoms with Gasteiger partial charge in [0.2, 0.25) is 0 Å². The van der Waals surface area contributed by atoms with E-state index < -0.39 is 5.97 Å². The van der Waals surface area contributed by atoms with Crippen LogP contribution in [0.4, 0.5) is 0 Å². The highest BCUT2D eigenvalue weighted by molar-refractivity contribution is 5.77. The van der Waals surface area contributed by atoms with Crippen molar-refractivity contribution in [2.75, 3.05) is 0 Å². The van der Waals surface area contributed by atoms with E-state index in [-0.39, 0.29) is 5.41 Å². The minimum Gasteiger partial charge on any atom is -0.481 e. The maximum absolute atomic E-state index is 11.0. The summed E-state index contributed by atoms with van der Waals surface area (Å²) in [4.78, 5) is 11.0. The van der Waals surface area contributed by atoms with E-state index in [0.29, 0.717) is 12.0 Å². The lowest BCUT2D eigenvalue weighted by Crippen LogP contribution is -2.29. The van der Waals surface area contributed by atoms with Crippen LogP contribution < -0.4 is 5.73 Å². The van der Waals surface area contributed by atoms with E-state index in [1.54, 1.807) is 0 Å². The number of hydrogen-bond donors (Lipinski definition) is 2. The summed E-state index contributed by atoms with van der Waals surface area (Å²) in [6.45, 7) is 0. The second-order valence-corrected chi connectivity index (χ2v) is 5.07. The number of rotatable bonds is 3. The molecule has 0 amide bonds. The Balaban J connectivity index is 1.83. The normalized spacial score (nSPS) is 35.2. The molecule has 2 aliphatic carbocycles. The van der Waals surface area contributed by atoms with Gasteiger partial charge < -0.3 is 10.8 Å². The van der Waals surface area contributed by atoms with Crippen LogP contribution in [-0.2, 0) is 4.79 Å². The standard InChI is InChI=1S/C11H19NO2/c12-9-3-1-8(2-4-9)7-11(5-6-11)10(13)14/h8-9H,1-7,12H2,(H,13,14). The average molecular weight is 197 g/mol. The molecule has 0 aromatic rings. The van der Waals surface area contributed by atoms with Gasteiger partial charge >= 0.3 is 5.97 Å². The SMILES string of the molecule is NC1CCC(CC2(C(=O)O)CC2)CC1. The van der Waals surface area contributed by atoms with Gasteiger partial charge in [-0.2, -0.15) is 0 Å². The Morgan fingerprint density at radius 2 is 1.86 bits per heavy atom. The molecular formula is C11H19NO2. The van der Waals surface area contributed by atoms with Crippen molar-refractivity contribution >= 4 is 5.97 Å². The molecule has 0 aliphatic heterocycles. The van der Waals surface area contributed by atoms with Crippen LogP contribution >= 0.6 is 0 Å². The molecule has 3 nitrogen and oxygen atoms in total. The van der Waals surface area contributed by atoms with E-state index in [2.05, 4.69) is 0 Å². The third-order valence-electron chi connectivity index (χ3n) is 3.88. The van der Waals surface area contributed by atoms with Crippen LogP contribution in [0.1, 0.15) is 44.9 Å². The first-order valence-electron chi connectivity index (χ1n) is 5.61. The molecule has 0 heterocycles. The predicted octanol–water partition coefficient (Wildman–Crippen LogP) is 1.76. The van der Waals surface area contributed by atoms with Crippen molar-refractivity contribution in [2.45, 2.75) is 51.0 Å². The molecule has 0 aromatic heterocycles. The van der Waals surface area contributed by atoms with E-state index in [1.807, 2.05) is 0 Å². The van der Waals surface area contributed by atoms with Crippen molar-refractivity contribution in [3.05, 3.63) is 0 Å². The first-order valence-corrected chi connectivity index (χ1v) is 5.61. The molecule has 14 heavy (non-hydrogen) atoms. The highest BCUT2D eigenvalue weighted by atomic mass is 16.4. The van der Waals surface area contributed by atoms with E-state index in [9.17, 15) is 4.79 Å². The van der Waals surface area contributed by atoms with Crippen LogP contribution in [-0.4, -0.2) is 17.1 Å². The first-order chi connectivity index (χ1) is 6.62. The van der Waals surface area contributed by atoms with Crippen LogP contribution in [0.2, 0.25) is 0 Å². The van der Waals surface area contributed by atoms with Crippen LogP contribution in [0.3, 0.4) is 0 Å². The summed E-state index contributed by atoms with van der Waals surface area (Å²) >= 11 is 0. The lowest BCUT2D eigenvalue weighted by Gasteiger charge is -2.27. The molecule has 2 rings (SSSR count). The fraction of sp³-hybridized carbons (Fsp3) is 0.909. The first kappa shape index (κ1) is 9.97. The van der Waals surface area contributed by atoms with Crippen molar-refractivity contribution in [2.24, 2.45) is 17.1 Å². The average Bonchev–Trinajstić information content (AvgIpc) is 2.90. The zero-order chi connectivity index (χ0) is 10.2. The zero-order valence-electron chi connectivity index (χ0n) is 8.54. The molecular weight excluding hydrogens is 178 g/mol. The molecule has 0 spiro atoms. The molecule has 2 fully saturated rings. The van der Waals surface area contributed by atoms with E-state index in [1.165, 1.54) is 0 Å². The second-order valence-electron chi connectivity index (χ2n) is 5.07. The van der Waals surface area contributed by atoms with Crippen LogP contribution in [0.15, 0.2) is 0 Å². The number of nitrogens with two attached hydrogens (primary N) is 1. The van der Waals surface area contributed by atoms with Crippen molar-refractivity contribution in [1.82, 2.24) is 0 Å². The number of carbonyl (C=O) groups is 1. The summed E-state index contributed by atoms with van der Waals surface area (Å²) in [6.07, 6.45) is 7.12. The second kappa shape index (κ2) is 3.54. The lowest BCUT2D eigenvalue weighted by atomic mass is 9.80. The largest absolute Gasteiger partial charge is 0.481 e. The summed E-state index contributed by atoms with van der Waals surface area (Å²) in [7, 11) is 0. The molecule has 2 saturated carbocycles. The summed E-state index contributed by atoms with van der Waals surface area (Å²) < 4.78 is 0. The van der Waals surface area contributed by atoms with E-state index >= 15 is 0 Å². The topological polar surface area (TPSA) is 63.3 Å². The lowest BCUT2D eigenvalue weighted by molar-refractivity contribution is -0.144. The molecule has 0 aromatic carbocycles. The summed E-state index contributed by atoms with van der Waals surface area (Å²) in [5.41, 5.74) is 5.49. The van der Waals surface area contributed by atoms with Gasteiger partial charge in [0.25, 0.3) is 0 Å². The Labute approximate surface area is 84.7 Å². The van der Waals surface area contributed by atoms with Gasteiger partial charge in [-0.25, -0.2) is 0 Å². The van der Waals surface area contributed by atoms with Crippen LogP contribution in [0, 0.1) is 11.3 Å². The zero-order valence-corrected chi connectivity index (χ0v) is 8.54. The fourth-order valence-corrected chi connectivity index (χ4v) is 2.60. The predicted molar refractivity (Wildman–Crippen MR) is 53.9 cm³/mol. The Morgan fingerprint density at radius 3 is 2.29 bits per heavy atom. The van der Waals surface area contributed by atoms with Gasteiger partial charge in [-0.05, 0) is 50.9 Å². The number of hydrogen-bond acceptors (Lipinski definition) is 2. The summed E-state index contributed by atoms with van der Waals surface area (Å²) in [5, 5.41) is 9.06. The van der Waals surface area contributed by atoms with Crippen molar-refractivity contribution in [3.8, 4) is 0 Å². The van der Waals surface area contributed by atoms with Gasteiger partial charge in [-0.3, -0.25) is 4.79 Å². The van der Waals surface area contributed by atoms with Gasteiger partial charge in [0.1, 0.15) is 0 Å². The smallest absolute Gasteiger partial charge is 0.309 e. The Bertz CT molecular complexity index is 227. The van der Waals surface area contributed by atoms with Gasteiger partial charge in [0.15, 0.2) is 0 Å². The van der Waals surface area contributed by atoms with Crippen molar-refractivity contribution < 1.29 is 9.90 Å². The molecule has 3 N–H and O–H groups in total. The molecule has 0 atom stereocenters. The number of aliphatic carboxylic acids is 1. The van der Waals surface area contributed by atoms with Gasteiger partial charge in [0, 0.05) is 6.04 Å². The third-order valence-corrected chi connectivity index (χ3v) is 3.88. The molecule has 0 bridgehead atoms. The van der Waals surface area contributed by atoms with Crippen molar-refractivity contribution in [1.29, 1.82) is 0 Å². The Kier molecular flexibility index (Phi) is 2.52. The highest BCUT2D eigenvalue weighted by Gasteiger charge is 2.51. The maximum atomic E-state index is 11.0. The van der Waals surface area contributed by atoms with Crippen molar-refractivity contribution in [3.63, 3.8) is 0 Å². The highest BCUT2D eigenvalue weighted by Crippen LogP contribution is 2.52. The molecule has 0 saturated heterocycles.